The lowest BCUT2D eigenvalue weighted by Gasteiger charge is -2.20. The molecule has 2 aliphatic rings. The first-order valence-corrected chi connectivity index (χ1v) is 8.40. The molecule has 2 aliphatic heterocycles. The van der Waals surface area contributed by atoms with Gasteiger partial charge in [0.1, 0.15) is 17.3 Å². The summed E-state index contributed by atoms with van der Waals surface area (Å²) in [6, 6.07) is 11.1. The van der Waals surface area contributed by atoms with E-state index in [0.717, 1.165) is 68.2 Å². The van der Waals surface area contributed by atoms with E-state index in [-0.39, 0.29) is 5.82 Å². The molecule has 0 spiro atoms. The summed E-state index contributed by atoms with van der Waals surface area (Å²) >= 11 is 0. The highest BCUT2D eigenvalue weighted by Crippen LogP contribution is 2.32. The van der Waals surface area contributed by atoms with E-state index in [1.54, 1.807) is 12.1 Å². The molecule has 0 N–H and O–H groups in total. The van der Waals surface area contributed by atoms with Crippen LogP contribution in [0.1, 0.15) is 17.1 Å². The first-order valence-electron chi connectivity index (χ1n) is 8.40. The number of benzene rings is 1. The molecule has 4 rings (SSSR count). The molecule has 2 saturated heterocycles. The van der Waals surface area contributed by atoms with Gasteiger partial charge in [-0.05, 0) is 48.6 Å². The van der Waals surface area contributed by atoms with Crippen molar-refractivity contribution < 1.29 is 8.81 Å². The maximum absolute atomic E-state index is 13.3. The minimum absolute atomic E-state index is 0.137. The van der Waals surface area contributed by atoms with Crippen LogP contribution in [-0.2, 0) is 13.1 Å². The fraction of sp³-hybridized carbons (Fsp3) is 0.474. The molecule has 2 atom stereocenters. The third-order valence-electron chi connectivity index (χ3n) is 5.11. The molecular weight excluding hydrogens is 291 g/mol. The van der Waals surface area contributed by atoms with Gasteiger partial charge in [-0.15, -0.1) is 0 Å². The standard InChI is InChI=1S/C19H23FN2O/c1-14-5-6-19(23-14)13-22-11-16-9-21(10-17(16)12-22)8-15-3-2-4-18(20)7-15/h2-7,16-17H,8-13H2,1H3/t16-,17+. The summed E-state index contributed by atoms with van der Waals surface area (Å²) in [4.78, 5) is 4.98. The van der Waals surface area contributed by atoms with Crippen LogP contribution in [0.25, 0.3) is 0 Å². The summed E-state index contributed by atoms with van der Waals surface area (Å²) in [5.74, 6) is 3.39. The average Bonchev–Trinajstić information content (AvgIpc) is 3.14. The third kappa shape index (κ3) is 3.33. The number of rotatable bonds is 4. The second-order valence-corrected chi connectivity index (χ2v) is 7.05. The zero-order valence-corrected chi connectivity index (χ0v) is 13.5. The Balaban J connectivity index is 1.31. The van der Waals surface area contributed by atoms with Crippen molar-refractivity contribution in [3.8, 4) is 0 Å². The minimum Gasteiger partial charge on any atom is -0.465 e. The Labute approximate surface area is 136 Å². The number of halogens is 1. The Bertz CT molecular complexity index is 670. The van der Waals surface area contributed by atoms with Gasteiger partial charge in [0, 0.05) is 32.7 Å². The van der Waals surface area contributed by atoms with Crippen LogP contribution in [0, 0.1) is 24.6 Å². The molecule has 1 aromatic carbocycles. The van der Waals surface area contributed by atoms with E-state index < -0.39 is 0 Å². The average molecular weight is 314 g/mol. The van der Waals surface area contributed by atoms with Crippen molar-refractivity contribution in [2.75, 3.05) is 26.2 Å². The first kappa shape index (κ1) is 14.9. The molecule has 0 aliphatic carbocycles. The highest BCUT2D eigenvalue weighted by molar-refractivity contribution is 5.16. The van der Waals surface area contributed by atoms with Crippen LogP contribution in [0.3, 0.4) is 0 Å². The quantitative estimate of drug-likeness (QED) is 0.863. The van der Waals surface area contributed by atoms with Crippen molar-refractivity contribution in [2.45, 2.75) is 20.0 Å². The molecule has 2 aromatic rings. The summed E-state index contributed by atoms with van der Waals surface area (Å²) in [5, 5.41) is 0. The minimum atomic E-state index is -0.137. The monoisotopic (exact) mass is 314 g/mol. The van der Waals surface area contributed by atoms with E-state index in [9.17, 15) is 4.39 Å². The topological polar surface area (TPSA) is 19.6 Å². The van der Waals surface area contributed by atoms with Gasteiger partial charge in [-0.25, -0.2) is 4.39 Å². The Morgan fingerprint density at radius 1 is 1.00 bits per heavy atom. The third-order valence-corrected chi connectivity index (χ3v) is 5.11. The maximum atomic E-state index is 13.3. The molecule has 0 unspecified atom stereocenters. The molecule has 0 bridgehead atoms. The van der Waals surface area contributed by atoms with Crippen molar-refractivity contribution in [2.24, 2.45) is 11.8 Å². The number of nitrogens with zero attached hydrogens (tertiary/aromatic N) is 2. The zero-order valence-electron chi connectivity index (χ0n) is 13.5. The van der Waals surface area contributed by atoms with E-state index >= 15 is 0 Å². The molecule has 0 radical (unpaired) electrons. The predicted octanol–water partition coefficient (Wildman–Crippen LogP) is 3.29. The lowest BCUT2D eigenvalue weighted by Crippen LogP contribution is -2.28. The van der Waals surface area contributed by atoms with Gasteiger partial charge in [0.25, 0.3) is 0 Å². The van der Waals surface area contributed by atoms with Gasteiger partial charge in [0.2, 0.25) is 0 Å². The summed E-state index contributed by atoms with van der Waals surface area (Å²) in [7, 11) is 0. The normalized spacial score (nSPS) is 25.1. The summed E-state index contributed by atoms with van der Waals surface area (Å²) in [6.45, 7) is 8.30. The number of fused-ring (bicyclic) bond motifs is 1. The van der Waals surface area contributed by atoms with Crippen LogP contribution in [0.2, 0.25) is 0 Å². The van der Waals surface area contributed by atoms with E-state index in [4.69, 9.17) is 4.42 Å². The largest absolute Gasteiger partial charge is 0.465 e. The van der Waals surface area contributed by atoms with Crippen LogP contribution in [-0.4, -0.2) is 36.0 Å². The summed E-state index contributed by atoms with van der Waals surface area (Å²) in [6.07, 6.45) is 0. The van der Waals surface area contributed by atoms with Crippen LogP contribution in [0.5, 0.6) is 0 Å². The van der Waals surface area contributed by atoms with E-state index in [2.05, 4.69) is 15.9 Å². The van der Waals surface area contributed by atoms with Gasteiger partial charge < -0.3 is 4.42 Å². The SMILES string of the molecule is Cc1ccc(CN2C[C@H]3CN(Cc4cccc(F)c4)C[C@H]3C2)o1. The Kier molecular flexibility index (Phi) is 3.95. The molecule has 4 heteroatoms. The highest BCUT2D eigenvalue weighted by atomic mass is 19.1. The first-order chi connectivity index (χ1) is 11.2. The summed E-state index contributed by atoms with van der Waals surface area (Å²) < 4.78 is 19.0. The van der Waals surface area contributed by atoms with Crippen LogP contribution >= 0.6 is 0 Å². The van der Waals surface area contributed by atoms with Gasteiger partial charge in [0.05, 0.1) is 6.54 Å². The molecule has 0 saturated carbocycles. The molecule has 23 heavy (non-hydrogen) atoms. The number of aryl methyl sites for hydroxylation is 1. The molecule has 2 fully saturated rings. The lowest BCUT2D eigenvalue weighted by atomic mass is 10.0. The zero-order chi connectivity index (χ0) is 15.8. The van der Waals surface area contributed by atoms with Crippen molar-refractivity contribution >= 4 is 0 Å². The van der Waals surface area contributed by atoms with Crippen LogP contribution in [0.15, 0.2) is 40.8 Å². The van der Waals surface area contributed by atoms with E-state index in [1.807, 2.05) is 19.1 Å². The van der Waals surface area contributed by atoms with Crippen LogP contribution < -0.4 is 0 Å². The summed E-state index contributed by atoms with van der Waals surface area (Å²) in [5.41, 5.74) is 1.08. The fourth-order valence-electron chi connectivity index (χ4n) is 4.13. The predicted molar refractivity (Wildman–Crippen MR) is 87.4 cm³/mol. The van der Waals surface area contributed by atoms with Gasteiger partial charge in [-0.1, -0.05) is 12.1 Å². The smallest absolute Gasteiger partial charge is 0.123 e. The second-order valence-electron chi connectivity index (χ2n) is 7.05. The van der Waals surface area contributed by atoms with Crippen molar-refractivity contribution in [1.82, 2.24) is 9.80 Å². The fourth-order valence-corrected chi connectivity index (χ4v) is 4.13. The number of furan rings is 1. The molecule has 3 nitrogen and oxygen atoms in total. The Hall–Kier alpha value is -1.65. The van der Waals surface area contributed by atoms with Gasteiger partial charge in [-0.3, -0.25) is 9.80 Å². The van der Waals surface area contributed by atoms with Gasteiger partial charge >= 0.3 is 0 Å². The highest BCUT2D eigenvalue weighted by Gasteiger charge is 2.39. The van der Waals surface area contributed by atoms with E-state index in [0.29, 0.717) is 0 Å². The molecular formula is C19H23FN2O. The van der Waals surface area contributed by atoms with Crippen molar-refractivity contribution in [3.05, 3.63) is 59.3 Å². The maximum Gasteiger partial charge on any atom is 0.123 e. The van der Waals surface area contributed by atoms with Gasteiger partial charge in [-0.2, -0.15) is 0 Å². The molecule has 122 valence electrons. The Morgan fingerprint density at radius 3 is 2.30 bits per heavy atom. The lowest BCUT2D eigenvalue weighted by molar-refractivity contribution is 0.234. The van der Waals surface area contributed by atoms with Crippen molar-refractivity contribution in [1.29, 1.82) is 0 Å². The Morgan fingerprint density at radius 2 is 1.70 bits per heavy atom. The molecule has 1 aromatic heterocycles. The van der Waals surface area contributed by atoms with Crippen LogP contribution in [0.4, 0.5) is 4.39 Å². The number of likely N-dealkylation sites (tertiary alicyclic amines) is 2. The van der Waals surface area contributed by atoms with E-state index in [1.165, 1.54) is 6.07 Å². The van der Waals surface area contributed by atoms with Crippen molar-refractivity contribution in [3.63, 3.8) is 0 Å². The second kappa shape index (κ2) is 6.10. The number of hydrogen-bond acceptors (Lipinski definition) is 3. The molecule has 0 amide bonds. The molecule has 3 heterocycles. The van der Waals surface area contributed by atoms with Gasteiger partial charge in [0.15, 0.2) is 0 Å². The number of hydrogen-bond donors (Lipinski definition) is 0.